The van der Waals surface area contributed by atoms with Crippen LogP contribution in [0.1, 0.15) is 80.8 Å². The molecule has 4 aliphatic rings. The van der Waals surface area contributed by atoms with Gasteiger partial charge in [0.25, 0.3) is 5.91 Å². The number of pyridine rings is 1. The van der Waals surface area contributed by atoms with E-state index in [0.717, 1.165) is 17.8 Å². The summed E-state index contributed by atoms with van der Waals surface area (Å²) in [5, 5.41) is 4.22. The number of ether oxygens (including phenoxy) is 2. The zero-order valence-electron chi connectivity index (χ0n) is 32.0. The van der Waals surface area contributed by atoms with Crippen molar-refractivity contribution < 1.29 is 50.2 Å². The van der Waals surface area contributed by atoms with E-state index in [2.05, 4.69) is 24.7 Å². The van der Waals surface area contributed by atoms with Crippen molar-refractivity contribution in [2.75, 3.05) is 6.54 Å². The van der Waals surface area contributed by atoms with Crippen molar-refractivity contribution in [1.82, 2.24) is 24.9 Å². The number of thiazole rings is 1. The van der Waals surface area contributed by atoms with E-state index in [1.54, 1.807) is 31.2 Å². The van der Waals surface area contributed by atoms with Crippen LogP contribution in [0.25, 0.3) is 21.7 Å². The zero-order valence-corrected chi connectivity index (χ0v) is 33.6. The van der Waals surface area contributed by atoms with Crippen molar-refractivity contribution >= 4 is 66.5 Å². The molecular formula is C41H42F3N5O8S2. The van der Waals surface area contributed by atoms with Gasteiger partial charge in [0, 0.05) is 23.6 Å². The van der Waals surface area contributed by atoms with E-state index in [4.69, 9.17) is 4.74 Å². The molecule has 0 radical (unpaired) electrons. The minimum Gasteiger partial charge on any atom is -0.472 e. The van der Waals surface area contributed by atoms with Crippen LogP contribution in [0.4, 0.5) is 13.2 Å². The molecule has 18 heteroatoms. The van der Waals surface area contributed by atoms with Crippen molar-refractivity contribution in [2.24, 2.45) is 11.3 Å². The topological polar surface area (TPSA) is 174 Å². The number of para-hydroxylation sites is 1. The molecule has 2 aromatic carbocycles. The molecule has 3 amide bonds. The van der Waals surface area contributed by atoms with Crippen molar-refractivity contribution in [3.8, 4) is 11.6 Å². The van der Waals surface area contributed by atoms with E-state index in [1.165, 1.54) is 34.8 Å². The summed E-state index contributed by atoms with van der Waals surface area (Å²) in [7, 11) is -4.03. The second kappa shape index (κ2) is 15.5. The molecule has 59 heavy (non-hydrogen) atoms. The van der Waals surface area contributed by atoms with Gasteiger partial charge in [0.15, 0.2) is 5.78 Å². The summed E-state index contributed by atoms with van der Waals surface area (Å²) in [6, 6.07) is 8.64. The third-order valence-corrected chi connectivity index (χ3v) is 14.9. The number of nitrogens with one attached hydrogen (secondary N) is 2. The lowest BCUT2D eigenvalue weighted by molar-refractivity contribution is -0.274. The number of fused-ring (bicyclic) bond motifs is 5. The minimum absolute atomic E-state index is 0.0453. The molecule has 8 rings (SSSR count). The Morgan fingerprint density at radius 1 is 1.03 bits per heavy atom. The van der Waals surface area contributed by atoms with Crippen molar-refractivity contribution in [2.45, 2.75) is 100 Å². The van der Waals surface area contributed by atoms with Gasteiger partial charge in [-0.3, -0.25) is 28.9 Å². The first-order valence-electron chi connectivity index (χ1n) is 19.6. The molecule has 4 heterocycles. The second-order valence-corrected chi connectivity index (χ2v) is 19.2. The Kier molecular flexibility index (Phi) is 10.7. The molecule has 2 aliphatic heterocycles. The summed E-state index contributed by atoms with van der Waals surface area (Å²) in [6.45, 7) is 1.41. The lowest BCUT2D eigenvalue weighted by atomic mass is 9.91. The van der Waals surface area contributed by atoms with Crippen LogP contribution in [0.3, 0.4) is 0 Å². The first kappa shape index (κ1) is 40.7. The van der Waals surface area contributed by atoms with Crippen molar-refractivity contribution in [3.63, 3.8) is 0 Å². The third-order valence-electron chi connectivity index (χ3n) is 12.0. The molecule has 2 aliphatic carbocycles. The van der Waals surface area contributed by atoms with Crippen LogP contribution in [-0.4, -0.2) is 82.6 Å². The highest BCUT2D eigenvalue weighted by Gasteiger charge is 2.62. The fourth-order valence-electron chi connectivity index (χ4n) is 8.19. The number of Topliss-reactive ketones (excluding diaryl/α,β-unsaturated/α-hetero) is 1. The summed E-state index contributed by atoms with van der Waals surface area (Å²) in [4.78, 5) is 66.8. The maximum atomic E-state index is 14.7. The van der Waals surface area contributed by atoms with E-state index in [0.29, 0.717) is 53.3 Å². The normalized spacial score (nSPS) is 26.5. The molecule has 3 fully saturated rings. The SMILES string of the molecule is CC1(S(=O)(=O)NC(=O)[C@]23CC(=O)[C@@H]4C[C@@H](Oc5nc6ccccc6c6ccc(OC(F)(F)F)cc56)CN4C(=O)[C@@H](NC(=O)c4cncs4)CCCCC/C=C\[C@@H]2C3)CC1. The largest absolute Gasteiger partial charge is 0.573 e. The van der Waals surface area contributed by atoms with E-state index >= 15 is 0 Å². The quantitative estimate of drug-likeness (QED) is 0.150. The first-order valence-corrected chi connectivity index (χ1v) is 21.9. The number of rotatable bonds is 8. The summed E-state index contributed by atoms with van der Waals surface area (Å²) < 4.78 is 78.3. The Morgan fingerprint density at radius 2 is 1.83 bits per heavy atom. The van der Waals surface area contributed by atoms with Gasteiger partial charge in [-0.1, -0.05) is 43.2 Å². The molecule has 1 saturated heterocycles. The van der Waals surface area contributed by atoms with Crippen LogP contribution in [0.15, 0.2) is 66.3 Å². The number of benzene rings is 2. The summed E-state index contributed by atoms with van der Waals surface area (Å²) >= 11 is 1.11. The van der Waals surface area contributed by atoms with Gasteiger partial charge in [0.2, 0.25) is 27.7 Å². The molecule has 2 saturated carbocycles. The Hall–Kier alpha value is -5.10. The number of amides is 3. The fourth-order valence-corrected chi connectivity index (χ4v) is 10.0. The molecule has 0 bridgehead atoms. The average molecular weight is 854 g/mol. The van der Waals surface area contributed by atoms with Crippen LogP contribution < -0.4 is 19.5 Å². The molecule has 312 valence electrons. The van der Waals surface area contributed by atoms with Gasteiger partial charge in [-0.05, 0) is 81.0 Å². The number of nitrogens with zero attached hydrogens (tertiary/aromatic N) is 3. The maximum Gasteiger partial charge on any atom is 0.573 e. The lowest BCUT2D eigenvalue weighted by Gasteiger charge is -2.29. The first-order chi connectivity index (χ1) is 28.1. The third kappa shape index (κ3) is 8.38. The predicted molar refractivity (Wildman–Crippen MR) is 211 cm³/mol. The monoisotopic (exact) mass is 853 g/mol. The second-order valence-electron chi connectivity index (χ2n) is 16.1. The molecule has 4 aromatic rings. The van der Waals surface area contributed by atoms with E-state index in [-0.39, 0.29) is 43.5 Å². The number of aromatic nitrogens is 2. The number of hydrogen-bond donors (Lipinski definition) is 2. The smallest absolute Gasteiger partial charge is 0.472 e. The summed E-state index contributed by atoms with van der Waals surface area (Å²) in [6.07, 6.45) is 2.89. The van der Waals surface area contributed by atoms with Crippen LogP contribution in [0.5, 0.6) is 11.6 Å². The Labute approximate surface area is 341 Å². The molecule has 0 unspecified atom stereocenters. The van der Waals surface area contributed by atoms with Crippen LogP contribution >= 0.6 is 11.3 Å². The van der Waals surface area contributed by atoms with Gasteiger partial charge in [0.1, 0.15) is 22.8 Å². The molecule has 5 atom stereocenters. The van der Waals surface area contributed by atoms with Gasteiger partial charge >= 0.3 is 6.36 Å². The molecule has 0 spiro atoms. The van der Waals surface area contributed by atoms with Gasteiger partial charge in [-0.2, -0.15) is 0 Å². The van der Waals surface area contributed by atoms with E-state index < -0.39 is 79.9 Å². The average Bonchev–Trinajstić information content (AvgIpc) is 3.93. The van der Waals surface area contributed by atoms with E-state index in [1.807, 2.05) is 12.2 Å². The number of alkyl halides is 3. The molecule has 13 nitrogen and oxygen atoms in total. The fraction of sp³-hybridized carbons (Fsp3) is 0.463. The molecule has 2 N–H and O–H groups in total. The van der Waals surface area contributed by atoms with Gasteiger partial charge in [-0.25, -0.2) is 13.4 Å². The number of halogens is 3. The highest BCUT2D eigenvalue weighted by Crippen LogP contribution is 2.57. The number of allylic oxidation sites excluding steroid dienone is 2. The van der Waals surface area contributed by atoms with Gasteiger partial charge in [-0.15, -0.1) is 24.5 Å². The Balaban J connectivity index is 1.14. The standard InChI is InChI=1S/C41H42F3N5O8S2/c1-39(15-16-39)59(54,55)48-38(53)40-19-24(40)9-5-3-2-4-6-12-31(46-35(51)34-21-45-23-58-34)37(52)49-22-26(18-32(49)33(50)20-40)56-36-29-17-25(57-41(42,43)44)13-14-27(29)28-10-7-8-11-30(28)47-36/h5,7-11,13-14,17,21,23-24,26,31-32H,2-4,6,12,15-16,18-20,22H2,1H3,(H,46,51)(H,48,53)/b9-5-/t24-,26-,31+,32+,40-/m1/s1. The van der Waals surface area contributed by atoms with Gasteiger partial charge in [0.05, 0.1) is 40.0 Å². The highest BCUT2D eigenvalue weighted by molar-refractivity contribution is 7.91. The van der Waals surface area contributed by atoms with E-state index in [9.17, 15) is 40.8 Å². The van der Waals surface area contributed by atoms with Crippen molar-refractivity contribution in [3.05, 3.63) is 71.2 Å². The van der Waals surface area contributed by atoms with Crippen LogP contribution in [0, 0.1) is 11.3 Å². The zero-order chi connectivity index (χ0) is 41.7. The van der Waals surface area contributed by atoms with Crippen LogP contribution in [0.2, 0.25) is 0 Å². The number of carbonyl (C=O) groups is 4. The molecular weight excluding hydrogens is 812 g/mol. The van der Waals surface area contributed by atoms with Gasteiger partial charge < -0.3 is 19.7 Å². The molecule has 2 aromatic heterocycles. The number of hydrogen-bond acceptors (Lipinski definition) is 11. The Morgan fingerprint density at radius 3 is 2.58 bits per heavy atom. The van der Waals surface area contributed by atoms with Crippen LogP contribution in [-0.2, 0) is 24.4 Å². The Bertz CT molecular complexity index is 2460. The summed E-state index contributed by atoms with van der Waals surface area (Å²) in [5.41, 5.74) is 0.611. The summed E-state index contributed by atoms with van der Waals surface area (Å²) in [5.74, 6) is -3.27. The highest BCUT2D eigenvalue weighted by atomic mass is 32.2. The lowest BCUT2D eigenvalue weighted by Crippen LogP contribution is -2.52. The number of sulfonamides is 1. The van der Waals surface area contributed by atoms with Crippen molar-refractivity contribution in [1.29, 1.82) is 0 Å². The maximum absolute atomic E-state index is 14.7. The number of ketones is 1. The minimum atomic E-state index is -4.96. The number of carbonyl (C=O) groups excluding carboxylic acids is 4. The predicted octanol–water partition coefficient (Wildman–Crippen LogP) is 6.37.